The van der Waals surface area contributed by atoms with Crippen LogP contribution in [-0.4, -0.2) is 23.1 Å². The lowest BCUT2D eigenvalue weighted by Crippen LogP contribution is -2.36. The molecule has 0 spiro atoms. The Hall–Kier alpha value is -2.32. The molecule has 0 aliphatic heterocycles. The van der Waals surface area contributed by atoms with Crippen LogP contribution >= 0.6 is 34.5 Å². The van der Waals surface area contributed by atoms with Crippen molar-refractivity contribution >= 4 is 40.4 Å². The third-order valence-corrected chi connectivity index (χ3v) is 5.64. The Morgan fingerprint density at radius 3 is 2.71 bits per heavy atom. The summed E-state index contributed by atoms with van der Waals surface area (Å²) in [6.07, 6.45) is 0. The van der Waals surface area contributed by atoms with Gasteiger partial charge in [-0.25, -0.2) is 10.4 Å². The molecule has 0 saturated heterocycles. The number of benzene rings is 2. The molecule has 0 saturated carbocycles. The number of thiazole rings is 1. The Morgan fingerprint density at radius 2 is 2.04 bits per heavy atom. The highest BCUT2D eigenvalue weighted by atomic mass is 35.5. The van der Waals surface area contributed by atoms with Crippen LogP contribution in [0.1, 0.15) is 20.9 Å². The van der Waals surface area contributed by atoms with Gasteiger partial charge in [-0.15, -0.1) is 11.3 Å². The zero-order chi connectivity index (χ0) is 20.3. The highest BCUT2D eigenvalue weighted by Gasteiger charge is 2.17. The van der Waals surface area contributed by atoms with Gasteiger partial charge in [0.05, 0.1) is 17.8 Å². The average Bonchev–Trinajstić information content (AvgIpc) is 3.03. The number of aromatic nitrogens is 1. The molecule has 2 aromatic carbocycles. The van der Waals surface area contributed by atoms with Gasteiger partial charge < -0.3 is 9.84 Å². The van der Waals surface area contributed by atoms with E-state index in [0.29, 0.717) is 37.9 Å². The number of hydrazine groups is 1. The number of carbonyl (C=O) groups is 1. The fraction of sp³-hybridized carbons (Fsp3) is 0.158. The number of ether oxygens (including phenoxy) is 1. The van der Waals surface area contributed by atoms with Crippen LogP contribution in [0.5, 0.6) is 11.5 Å². The van der Waals surface area contributed by atoms with Gasteiger partial charge in [0, 0.05) is 17.1 Å². The molecule has 0 bridgehead atoms. The van der Waals surface area contributed by atoms with Crippen molar-refractivity contribution in [2.24, 2.45) is 0 Å². The van der Waals surface area contributed by atoms with Crippen molar-refractivity contribution in [1.29, 1.82) is 0 Å². The topological polar surface area (TPSA) is 83.5 Å². The molecule has 9 heteroatoms. The third-order valence-electron chi connectivity index (χ3n) is 3.90. The van der Waals surface area contributed by atoms with E-state index in [0.717, 1.165) is 11.1 Å². The largest absolute Gasteiger partial charge is 0.504 e. The molecule has 146 valence electrons. The van der Waals surface area contributed by atoms with Crippen LogP contribution in [0.4, 0.5) is 0 Å². The zero-order valence-electron chi connectivity index (χ0n) is 15.0. The molecule has 0 radical (unpaired) electrons. The number of carbonyl (C=O) groups excluding carboxylic acids is 1. The van der Waals surface area contributed by atoms with Gasteiger partial charge in [0.1, 0.15) is 9.88 Å². The van der Waals surface area contributed by atoms with E-state index in [9.17, 15) is 9.90 Å². The summed E-state index contributed by atoms with van der Waals surface area (Å²) in [5, 5.41) is 11.5. The molecule has 3 aromatic rings. The second kappa shape index (κ2) is 8.79. The normalized spacial score (nSPS) is 10.7. The smallest absolute Gasteiger partial charge is 0.277 e. The molecule has 28 heavy (non-hydrogen) atoms. The summed E-state index contributed by atoms with van der Waals surface area (Å²) >= 11 is 13.4. The van der Waals surface area contributed by atoms with E-state index in [1.807, 2.05) is 0 Å². The number of nitrogens with one attached hydrogen (secondary N) is 2. The number of hydrogen-bond acceptors (Lipinski definition) is 6. The fourth-order valence-corrected chi connectivity index (χ4v) is 4.07. The Kier molecular flexibility index (Phi) is 6.41. The molecule has 3 N–H and O–H groups in total. The molecule has 0 atom stereocenters. The maximum Gasteiger partial charge on any atom is 0.277 e. The molecule has 6 nitrogen and oxygen atoms in total. The van der Waals surface area contributed by atoms with Crippen LogP contribution in [0.2, 0.25) is 10.0 Å². The van der Waals surface area contributed by atoms with Crippen LogP contribution in [0.25, 0.3) is 10.6 Å². The van der Waals surface area contributed by atoms with Crippen molar-refractivity contribution in [1.82, 2.24) is 15.8 Å². The van der Waals surface area contributed by atoms with E-state index in [2.05, 4.69) is 15.8 Å². The monoisotopic (exact) mass is 437 g/mol. The average molecular weight is 438 g/mol. The number of methoxy groups -OCH3 is 1. The number of halogens is 2. The summed E-state index contributed by atoms with van der Waals surface area (Å²) in [5.41, 5.74) is 7.59. The van der Waals surface area contributed by atoms with E-state index in [1.165, 1.54) is 18.4 Å². The standard InChI is InChI=1S/C19H17Cl2N3O3S/c1-10-17(28-19(23-10)13-5-4-12(20)8-14(13)21)18(26)24-22-9-11-3-6-16(27-2)15(25)7-11/h3-8,22,25H,9H2,1-2H3,(H,24,26). The number of amides is 1. The Balaban J connectivity index is 1.66. The van der Waals surface area contributed by atoms with Gasteiger partial charge in [-0.3, -0.25) is 10.2 Å². The Labute approximate surface area is 176 Å². The van der Waals surface area contributed by atoms with E-state index in [-0.39, 0.29) is 11.7 Å². The third kappa shape index (κ3) is 4.56. The number of phenolic OH excluding ortho intramolecular Hbond substituents is 1. The molecule has 1 aromatic heterocycles. The molecule has 1 heterocycles. The van der Waals surface area contributed by atoms with Gasteiger partial charge in [-0.1, -0.05) is 29.3 Å². The second-order valence-electron chi connectivity index (χ2n) is 5.87. The maximum atomic E-state index is 12.5. The molecule has 3 rings (SSSR count). The number of nitrogens with zero attached hydrogens (tertiary/aromatic N) is 1. The van der Waals surface area contributed by atoms with Crippen LogP contribution in [-0.2, 0) is 6.54 Å². The van der Waals surface area contributed by atoms with E-state index >= 15 is 0 Å². The van der Waals surface area contributed by atoms with Gasteiger partial charge >= 0.3 is 0 Å². The van der Waals surface area contributed by atoms with Gasteiger partial charge in [0.15, 0.2) is 11.5 Å². The lowest BCUT2D eigenvalue weighted by molar-refractivity contribution is 0.0935. The summed E-state index contributed by atoms with van der Waals surface area (Å²) in [6, 6.07) is 10.2. The first-order chi connectivity index (χ1) is 13.4. The van der Waals surface area contributed by atoms with E-state index in [4.69, 9.17) is 27.9 Å². The van der Waals surface area contributed by atoms with Gasteiger partial charge in [0.25, 0.3) is 5.91 Å². The SMILES string of the molecule is COc1ccc(CNNC(=O)c2sc(-c3ccc(Cl)cc3Cl)nc2C)cc1O. The predicted octanol–water partition coefficient (Wildman–Crippen LogP) is 4.57. The molecular formula is C19H17Cl2N3O3S. The Morgan fingerprint density at radius 1 is 1.25 bits per heavy atom. The summed E-state index contributed by atoms with van der Waals surface area (Å²) < 4.78 is 5.00. The first kappa shape index (κ1) is 20.4. The first-order valence-electron chi connectivity index (χ1n) is 8.21. The number of aryl methyl sites for hydroxylation is 1. The highest BCUT2D eigenvalue weighted by Crippen LogP contribution is 2.34. The molecule has 0 aliphatic carbocycles. The minimum absolute atomic E-state index is 0.0379. The van der Waals surface area contributed by atoms with Gasteiger partial charge in [0.2, 0.25) is 0 Å². The number of rotatable bonds is 6. The number of phenols is 1. The summed E-state index contributed by atoms with van der Waals surface area (Å²) in [7, 11) is 1.48. The van der Waals surface area contributed by atoms with E-state index in [1.54, 1.807) is 43.3 Å². The molecule has 0 unspecified atom stereocenters. The summed E-state index contributed by atoms with van der Waals surface area (Å²) in [5.74, 6) is 0.126. The fourth-order valence-electron chi connectivity index (χ4n) is 2.51. The molecule has 1 amide bonds. The summed E-state index contributed by atoms with van der Waals surface area (Å²) in [6.45, 7) is 2.09. The summed E-state index contributed by atoms with van der Waals surface area (Å²) in [4.78, 5) is 17.4. The zero-order valence-corrected chi connectivity index (χ0v) is 17.4. The molecule has 0 aliphatic rings. The van der Waals surface area contributed by atoms with Crippen LogP contribution in [0, 0.1) is 6.92 Å². The Bertz CT molecular complexity index is 1020. The molecular weight excluding hydrogens is 421 g/mol. The van der Waals surface area contributed by atoms with Gasteiger partial charge in [-0.05, 0) is 42.8 Å². The van der Waals surface area contributed by atoms with Crippen LogP contribution < -0.4 is 15.6 Å². The predicted molar refractivity (Wildman–Crippen MR) is 111 cm³/mol. The van der Waals surface area contributed by atoms with Crippen molar-refractivity contribution in [3.63, 3.8) is 0 Å². The van der Waals surface area contributed by atoms with E-state index < -0.39 is 0 Å². The second-order valence-corrected chi connectivity index (χ2v) is 7.71. The van der Waals surface area contributed by atoms with Crippen molar-refractivity contribution in [2.75, 3.05) is 7.11 Å². The van der Waals surface area contributed by atoms with Crippen LogP contribution in [0.15, 0.2) is 36.4 Å². The molecule has 0 fully saturated rings. The van der Waals surface area contributed by atoms with Crippen molar-refractivity contribution in [2.45, 2.75) is 13.5 Å². The van der Waals surface area contributed by atoms with Crippen molar-refractivity contribution in [3.8, 4) is 22.1 Å². The lowest BCUT2D eigenvalue weighted by Gasteiger charge is -2.08. The highest BCUT2D eigenvalue weighted by molar-refractivity contribution is 7.17. The minimum Gasteiger partial charge on any atom is -0.504 e. The number of hydrogen-bond donors (Lipinski definition) is 3. The van der Waals surface area contributed by atoms with Crippen molar-refractivity contribution < 1.29 is 14.6 Å². The van der Waals surface area contributed by atoms with Crippen molar-refractivity contribution in [3.05, 3.63) is 62.6 Å². The minimum atomic E-state index is -0.302. The van der Waals surface area contributed by atoms with Gasteiger partial charge in [-0.2, -0.15) is 0 Å². The number of aromatic hydroxyl groups is 1. The maximum absolute atomic E-state index is 12.5. The lowest BCUT2D eigenvalue weighted by atomic mass is 10.2. The van der Waals surface area contributed by atoms with Crippen LogP contribution in [0.3, 0.4) is 0 Å². The first-order valence-corrected chi connectivity index (χ1v) is 9.78. The quantitative estimate of drug-likeness (QED) is 0.491.